The lowest BCUT2D eigenvalue weighted by Crippen LogP contribution is -2.26. The summed E-state index contributed by atoms with van der Waals surface area (Å²) in [5, 5.41) is 9.10. The highest BCUT2D eigenvalue weighted by Crippen LogP contribution is 2.24. The standard InChI is InChI=1S/C19H22N2O2/c1-4-10-23-17-7-5-6-15(11-17)18-9-8-16(12-20)19(22)21(18)13-14(2)3/h5-9,11,14H,4,10,13H2,1-3H3. The monoisotopic (exact) mass is 310 g/mol. The van der Waals surface area contributed by atoms with Crippen LogP contribution in [0, 0.1) is 17.2 Å². The van der Waals surface area contributed by atoms with E-state index in [-0.39, 0.29) is 11.1 Å². The van der Waals surface area contributed by atoms with Crippen molar-refractivity contribution in [3.63, 3.8) is 0 Å². The molecule has 2 rings (SSSR count). The molecule has 0 aliphatic carbocycles. The van der Waals surface area contributed by atoms with E-state index >= 15 is 0 Å². The van der Waals surface area contributed by atoms with Gasteiger partial charge in [0.05, 0.1) is 12.3 Å². The third kappa shape index (κ3) is 4.01. The molecule has 1 aromatic heterocycles. The van der Waals surface area contributed by atoms with Crippen molar-refractivity contribution in [2.45, 2.75) is 33.7 Å². The summed E-state index contributed by atoms with van der Waals surface area (Å²) < 4.78 is 7.36. The first-order valence-corrected chi connectivity index (χ1v) is 7.94. The van der Waals surface area contributed by atoms with Crippen LogP contribution in [0.3, 0.4) is 0 Å². The zero-order valence-electron chi connectivity index (χ0n) is 13.9. The molecule has 120 valence electrons. The number of rotatable bonds is 6. The summed E-state index contributed by atoms with van der Waals surface area (Å²) in [5.41, 5.74) is 1.66. The van der Waals surface area contributed by atoms with Crippen LogP contribution in [0.25, 0.3) is 11.3 Å². The lowest BCUT2D eigenvalue weighted by molar-refractivity contribution is 0.317. The molecular weight excluding hydrogens is 288 g/mol. The van der Waals surface area contributed by atoms with Crippen molar-refractivity contribution in [1.82, 2.24) is 4.57 Å². The van der Waals surface area contributed by atoms with Crippen molar-refractivity contribution >= 4 is 0 Å². The van der Waals surface area contributed by atoms with Gasteiger partial charge in [-0.3, -0.25) is 4.79 Å². The number of hydrogen-bond donors (Lipinski definition) is 0. The fraction of sp³-hybridized carbons (Fsp3) is 0.368. The van der Waals surface area contributed by atoms with E-state index in [1.807, 2.05) is 36.4 Å². The predicted molar refractivity (Wildman–Crippen MR) is 91.5 cm³/mol. The van der Waals surface area contributed by atoms with Gasteiger partial charge in [-0.05, 0) is 36.6 Å². The molecule has 0 saturated heterocycles. The van der Waals surface area contributed by atoms with Gasteiger partial charge < -0.3 is 9.30 Å². The summed E-state index contributed by atoms with van der Waals surface area (Å²) in [7, 11) is 0. The van der Waals surface area contributed by atoms with Crippen molar-refractivity contribution in [3.05, 3.63) is 52.3 Å². The van der Waals surface area contributed by atoms with Gasteiger partial charge in [-0.1, -0.05) is 32.9 Å². The Hall–Kier alpha value is -2.54. The van der Waals surface area contributed by atoms with Crippen LogP contribution in [0.2, 0.25) is 0 Å². The number of nitriles is 1. The van der Waals surface area contributed by atoms with Crippen molar-refractivity contribution in [3.8, 4) is 23.1 Å². The average molecular weight is 310 g/mol. The summed E-state index contributed by atoms with van der Waals surface area (Å²) in [6.45, 7) is 7.40. The normalized spacial score (nSPS) is 10.6. The molecule has 0 radical (unpaired) electrons. The van der Waals surface area contributed by atoms with Gasteiger partial charge in [-0.2, -0.15) is 5.26 Å². The van der Waals surface area contributed by atoms with Gasteiger partial charge in [0.2, 0.25) is 0 Å². The van der Waals surface area contributed by atoms with Gasteiger partial charge in [0, 0.05) is 12.1 Å². The van der Waals surface area contributed by atoms with Crippen molar-refractivity contribution in [1.29, 1.82) is 5.26 Å². The Bertz CT molecular complexity index is 770. The van der Waals surface area contributed by atoms with Crippen LogP contribution < -0.4 is 10.3 Å². The van der Waals surface area contributed by atoms with Crippen molar-refractivity contribution in [2.75, 3.05) is 6.61 Å². The first-order chi connectivity index (χ1) is 11.1. The van der Waals surface area contributed by atoms with Crippen LogP contribution in [0.4, 0.5) is 0 Å². The van der Waals surface area contributed by atoms with E-state index in [2.05, 4.69) is 20.8 Å². The second-order valence-corrected chi connectivity index (χ2v) is 5.93. The Morgan fingerprint density at radius 3 is 2.70 bits per heavy atom. The van der Waals surface area contributed by atoms with E-state index < -0.39 is 0 Å². The predicted octanol–water partition coefficient (Wildman–Crippen LogP) is 3.83. The lowest BCUT2D eigenvalue weighted by Gasteiger charge is -2.16. The van der Waals surface area contributed by atoms with E-state index in [4.69, 9.17) is 10.00 Å². The Morgan fingerprint density at radius 2 is 2.04 bits per heavy atom. The van der Waals surface area contributed by atoms with Gasteiger partial charge in [-0.25, -0.2) is 0 Å². The maximum absolute atomic E-state index is 12.5. The van der Waals surface area contributed by atoms with Crippen LogP contribution in [-0.4, -0.2) is 11.2 Å². The zero-order valence-corrected chi connectivity index (χ0v) is 13.9. The van der Waals surface area contributed by atoms with Crippen molar-refractivity contribution in [2.24, 2.45) is 5.92 Å². The second-order valence-electron chi connectivity index (χ2n) is 5.93. The molecule has 1 heterocycles. The molecule has 0 fully saturated rings. The summed E-state index contributed by atoms with van der Waals surface area (Å²) in [6.07, 6.45) is 0.944. The highest BCUT2D eigenvalue weighted by atomic mass is 16.5. The minimum Gasteiger partial charge on any atom is -0.494 e. The summed E-state index contributed by atoms with van der Waals surface area (Å²) in [6, 6.07) is 13.1. The Balaban J connectivity index is 2.52. The molecule has 1 aromatic carbocycles. The largest absolute Gasteiger partial charge is 0.494 e. The molecule has 0 aliphatic heterocycles. The molecule has 0 atom stereocenters. The minimum atomic E-state index is -0.237. The summed E-state index contributed by atoms with van der Waals surface area (Å²) in [4.78, 5) is 12.5. The maximum atomic E-state index is 12.5. The molecule has 4 nitrogen and oxygen atoms in total. The van der Waals surface area contributed by atoms with E-state index in [0.29, 0.717) is 19.1 Å². The third-order valence-electron chi connectivity index (χ3n) is 3.45. The number of pyridine rings is 1. The maximum Gasteiger partial charge on any atom is 0.268 e. The summed E-state index contributed by atoms with van der Waals surface area (Å²) >= 11 is 0. The Labute approximate surface area is 137 Å². The van der Waals surface area contributed by atoms with E-state index in [9.17, 15) is 4.79 Å². The number of benzene rings is 1. The SMILES string of the molecule is CCCOc1cccc(-c2ccc(C#N)c(=O)n2CC(C)C)c1. The number of nitrogens with zero attached hydrogens (tertiary/aromatic N) is 2. The van der Waals surface area contributed by atoms with Gasteiger partial charge in [0.15, 0.2) is 0 Å². The van der Waals surface area contributed by atoms with Crippen LogP contribution in [0.15, 0.2) is 41.2 Å². The molecule has 0 bridgehead atoms. The molecular formula is C19H22N2O2. The molecule has 0 spiro atoms. The van der Waals surface area contributed by atoms with Gasteiger partial charge in [0.25, 0.3) is 5.56 Å². The number of hydrogen-bond acceptors (Lipinski definition) is 3. The molecule has 0 saturated carbocycles. The number of ether oxygens (including phenoxy) is 1. The first kappa shape index (κ1) is 16.8. The quantitative estimate of drug-likeness (QED) is 0.814. The second kappa shape index (κ2) is 7.64. The summed E-state index contributed by atoms with van der Waals surface area (Å²) in [5.74, 6) is 1.09. The van der Waals surface area contributed by atoms with Crippen LogP contribution in [-0.2, 0) is 6.54 Å². The zero-order chi connectivity index (χ0) is 16.8. The van der Waals surface area contributed by atoms with Crippen molar-refractivity contribution < 1.29 is 4.74 Å². The fourth-order valence-corrected chi connectivity index (χ4v) is 2.43. The number of aromatic nitrogens is 1. The van der Waals surface area contributed by atoms with Crippen LogP contribution in [0.5, 0.6) is 5.75 Å². The highest BCUT2D eigenvalue weighted by Gasteiger charge is 2.12. The van der Waals surface area contributed by atoms with E-state index in [1.54, 1.807) is 10.6 Å². The van der Waals surface area contributed by atoms with Crippen LogP contribution in [0.1, 0.15) is 32.8 Å². The van der Waals surface area contributed by atoms with E-state index in [0.717, 1.165) is 23.4 Å². The molecule has 23 heavy (non-hydrogen) atoms. The van der Waals surface area contributed by atoms with Gasteiger partial charge in [-0.15, -0.1) is 0 Å². The highest BCUT2D eigenvalue weighted by molar-refractivity contribution is 5.62. The van der Waals surface area contributed by atoms with Gasteiger partial charge >= 0.3 is 0 Å². The molecule has 0 amide bonds. The minimum absolute atomic E-state index is 0.174. The molecule has 0 N–H and O–H groups in total. The van der Waals surface area contributed by atoms with Crippen LogP contribution >= 0.6 is 0 Å². The Morgan fingerprint density at radius 1 is 1.26 bits per heavy atom. The lowest BCUT2D eigenvalue weighted by atomic mass is 10.1. The molecule has 4 heteroatoms. The first-order valence-electron chi connectivity index (χ1n) is 7.94. The fourth-order valence-electron chi connectivity index (χ4n) is 2.43. The average Bonchev–Trinajstić information content (AvgIpc) is 2.54. The Kier molecular flexibility index (Phi) is 5.59. The molecule has 0 unspecified atom stereocenters. The van der Waals surface area contributed by atoms with Gasteiger partial charge in [0.1, 0.15) is 17.4 Å². The van der Waals surface area contributed by atoms with E-state index in [1.165, 1.54) is 0 Å². The smallest absolute Gasteiger partial charge is 0.268 e. The third-order valence-corrected chi connectivity index (χ3v) is 3.45. The topological polar surface area (TPSA) is 55.0 Å². The molecule has 2 aromatic rings. The molecule has 0 aliphatic rings.